The van der Waals surface area contributed by atoms with E-state index in [0.717, 1.165) is 12.4 Å². The molecule has 0 bridgehead atoms. The molecular formula is C14H22N2O. The second-order valence-electron chi connectivity index (χ2n) is 5.10. The quantitative estimate of drug-likeness (QED) is 0.734. The van der Waals surface area contributed by atoms with Crippen molar-refractivity contribution in [2.45, 2.75) is 40.7 Å². The molecule has 0 aliphatic heterocycles. The molecule has 3 nitrogen and oxygen atoms in total. The van der Waals surface area contributed by atoms with Gasteiger partial charge in [-0.3, -0.25) is 4.79 Å². The highest BCUT2D eigenvalue weighted by Crippen LogP contribution is 2.16. The van der Waals surface area contributed by atoms with Crippen molar-refractivity contribution in [1.82, 2.24) is 4.98 Å². The van der Waals surface area contributed by atoms with Gasteiger partial charge in [-0.25, -0.2) is 4.98 Å². The largest absolute Gasteiger partial charge is 0.354 e. The molecule has 0 fully saturated rings. The van der Waals surface area contributed by atoms with Crippen LogP contribution >= 0.6 is 0 Å². The van der Waals surface area contributed by atoms with Crippen molar-refractivity contribution in [3.8, 4) is 0 Å². The molecule has 1 rings (SSSR count). The molecule has 0 spiro atoms. The van der Waals surface area contributed by atoms with Crippen LogP contribution in [0.4, 0.5) is 5.82 Å². The Kier molecular flexibility index (Phi) is 4.67. The van der Waals surface area contributed by atoms with E-state index < -0.39 is 0 Å². The summed E-state index contributed by atoms with van der Waals surface area (Å²) in [4.78, 5) is 17.8. The Balaban J connectivity index is 2.91. The van der Waals surface area contributed by atoms with Crippen molar-refractivity contribution in [3.05, 3.63) is 23.9 Å². The first-order valence-electron chi connectivity index (χ1n) is 6.15. The van der Waals surface area contributed by atoms with Crippen LogP contribution in [0.2, 0.25) is 0 Å². The summed E-state index contributed by atoms with van der Waals surface area (Å²) in [5, 5.41) is 0. The minimum absolute atomic E-state index is 0.0593. The molecule has 0 saturated carbocycles. The van der Waals surface area contributed by atoms with Gasteiger partial charge in [-0.2, -0.15) is 0 Å². The highest BCUT2D eigenvalue weighted by Gasteiger charge is 2.13. The van der Waals surface area contributed by atoms with Gasteiger partial charge < -0.3 is 4.90 Å². The van der Waals surface area contributed by atoms with Gasteiger partial charge in [-0.05, 0) is 38.8 Å². The van der Waals surface area contributed by atoms with E-state index in [1.54, 1.807) is 13.1 Å². The van der Waals surface area contributed by atoms with Crippen LogP contribution in [0.25, 0.3) is 0 Å². The molecule has 0 atom stereocenters. The molecule has 0 aliphatic carbocycles. The second kappa shape index (κ2) is 5.80. The molecule has 0 aliphatic rings. The van der Waals surface area contributed by atoms with Gasteiger partial charge in [0.1, 0.15) is 5.82 Å². The summed E-state index contributed by atoms with van der Waals surface area (Å²) in [6.07, 6.45) is 1.66. The number of pyridine rings is 1. The SMILES string of the molecule is CC(=O)c1ccc(N(CC(C)C)C(C)C)nc1. The summed E-state index contributed by atoms with van der Waals surface area (Å²) >= 11 is 0. The normalized spacial score (nSPS) is 11.0. The highest BCUT2D eigenvalue weighted by molar-refractivity contribution is 5.93. The molecular weight excluding hydrogens is 212 g/mol. The lowest BCUT2D eigenvalue weighted by atomic mass is 10.1. The lowest BCUT2D eigenvalue weighted by Gasteiger charge is -2.29. The first kappa shape index (κ1) is 13.7. The molecule has 0 aromatic carbocycles. The third-order valence-corrected chi connectivity index (χ3v) is 2.63. The Labute approximate surface area is 104 Å². The van der Waals surface area contributed by atoms with Gasteiger partial charge in [-0.15, -0.1) is 0 Å². The summed E-state index contributed by atoms with van der Waals surface area (Å²) in [7, 11) is 0. The number of aromatic nitrogens is 1. The third-order valence-electron chi connectivity index (χ3n) is 2.63. The summed E-state index contributed by atoms with van der Waals surface area (Å²) in [6.45, 7) is 11.2. The summed E-state index contributed by atoms with van der Waals surface area (Å²) in [5.41, 5.74) is 0.669. The predicted octanol–water partition coefficient (Wildman–Crippen LogP) is 3.16. The van der Waals surface area contributed by atoms with E-state index in [9.17, 15) is 4.79 Å². The molecule has 0 radical (unpaired) electrons. The van der Waals surface area contributed by atoms with E-state index in [4.69, 9.17) is 0 Å². The molecule has 0 amide bonds. The van der Waals surface area contributed by atoms with E-state index in [2.05, 4.69) is 37.6 Å². The van der Waals surface area contributed by atoms with Gasteiger partial charge in [0.15, 0.2) is 5.78 Å². The number of hydrogen-bond donors (Lipinski definition) is 0. The monoisotopic (exact) mass is 234 g/mol. The fourth-order valence-electron chi connectivity index (χ4n) is 1.73. The number of carbonyl (C=O) groups excluding carboxylic acids is 1. The maximum Gasteiger partial charge on any atom is 0.161 e. The molecule has 0 N–H and O–H groups in total. The van der Waals surface area contributed by atoms with E-state index in [1.165, 1.54) is 0 Å². The van der Waals surface area contributed by atoms with Crippen LogP contribution in [0.5, 0.6) is 0 Å². The fourth-order valence-corrected chi connectivity index (χ4v) is 1.73. The average molecular weight is 234 g/mol. The number of carbonyl (C=O) groups is 1. The minimum Gasteiger partial charge on any atom is -0.354 e. The van der Waals surface area contributed by atoms with Gasteiger partial charge in [-0.1, -0.05) is 13.8 Å². The summed E-state index contributed by atoms with van der Waals surface area (Å²) < 4.78 is 0. The summed E-state index contributed by atoms with van der Waals surface area (Å²) in [6, 6.07) is 4.19. The van der Waals surface area contributed by atoms with E-state index in [1.807, 2.05) is 12.1 Å². The Morgan fingerprint density at radius 2 is 1.94 bits per heavy atom. The number of rotatable bonds is 5. The van der Waals surface area contributed by atoms with Crippen LogP contribution in [0, 0.1) is 5.92 Å². The van der Waals surface area contributed by atoms with E-state index in [-0.39, 0.29) is 5.78 Å². The van der Waals surface area contributed by atoms with Gasteiger partial charge in [0.2, 0.25) is 0 Å². The Morgan fingerprint density at radius 3 is 2.29 bits per heavy atom. The molecule has 0 unspecified atom stereocenters. The van der Waals surface area contributed by atoms with Crippen LogP contribution in [-0.4, -0.2) is 23.4 Å². The van der Waals surface area contributed by atoms with Gasteiger partial charge >= 0.3 is 0 Å². The average Bonchev–Trinajstić information content (AvgIpc) is 2.25. The van der Waals surface area contributed by atoms with Gasteiger partial charge in [0, 0.05) is 24.3 Å². The van der Waals surface area contributed by atoms with Crippen molar-refractivity contribution in [2.24, 2.45) is 5.92 Å². The van der Waals surface area contributed by atoms with Crippen LogP contribution < -0.4 is 4.90 Å². The lowest BCUT2D eigenvalue weighted by Crippen LogP contribution is -2.34. The second-order valence-corrected chi connectivity index (χ2v) is 5.10. The zero-order valence-corrected chi connectivity index (χ0v) is 11.4. The van der Waals surface area contributed by atoms with Gasteiger partial charge in [0.25, 0.3) is 0 Å². The number of nitrogens with zero attached hydrogens (tertiary/aromatic N) is 2. The standard InChI is InChI=1S/C14H22N2O/c1-10(2)9-16(11(3)4)14-7-6-13(8-15-14)12(5)17/h6-8,10-11H,9H2,1-5H3. The zero-order chi connectivity index (χ0) is 13.0. The minimum atomic E-state index is 0.0593. The Bertz CT molecular complexity index is 368. The molecule has 17 heavy (non-hydrogen) atoms. The molecule has 3 heteroatoms. The number of anilines is 1. The predicted molar refractivity (Wildman–Crippen MR) is 71.6 cm³/mol. The first-order valence-corrected chi connectivity index (χ1v) is 6.15. The van der Waals surface area contributed by atoms with E-state index in [0.29, 0.717) is 17.5 Å². The topological polar surface area (TPSA) is 33.2 Å². The molecule has 1 heterocycles. The number of hydrogen-bond acceptors (Lipinski definition) is 3. The van der Waals surface area contributed by atoms with Crippen LogP contribution in [-0.2, 0) is 0 Å². The lowest BCUT2D eigenvalue weighted by molar-refractivity contribution is 0.101. The highest BCUT2D eigenvalue weighted by atomic mass is 16.1. The maximum atomic E-state index is 11.2. The van der Waals surface area contributed by atoms with Crippen LogP contribution in [0.3, 0.4) is 0 Å². The number of ketones is 1. The fraction of sp³-hybridized carbons (Fsp3) is 0.571. The number of Topliss-reactive ketones (excluding diaryl/α,β-unsaturated/α-hetero) is 1. The maximum absolute atomic E-state index is 11.2. The molecule has 1 aromatic heterocycles. The Hall–Kier alpha value is -1.38. The first-order chi connectivity index (χ1) is 7.91. The van der Waals surface area contributed by atoms with Gasteiger partial charge in [0.05, 0.1) is 0 Å². The van der Waals surface area contributed by atoms with Crippen molar-refractivity contribution in [1.29, 1.82) is 0 Å². The smallest absolute Gasteiger partial charge is 0.161 e. The molecule has 0 saturated heterocycles. The van der Waals surface area contributed by atoms with Crippen molar-refractivity contribution in [2.75, 3.05) is 11.4 Å². The summed E-state index contributed by atoms with van der Waals surface area (Å²) in [5.74, 6) is 1.59. The van der Waals surface area contributed by atoms with Crippen LogP contribution in [0.15, 0.2) is 18.3 Å². The van der Waals surface area contributed by atoms with Crippen LogP contribution in [0.1, 0.15) is 45.0 Å². The molecule has 94 valence electrons. The van der Waals surface area contributed by atoms with Crippen molar-refractivity contribution < 1.29 is 4.79 Å². The zero-order valence-electron chi connectivity index (χ0n) is 11.4. The van der Waals surface area contributed by atoms with Crippen molar-refractivity contribution in [3.63, 3.8) is 0 Å². The molecule has 1 aromatic rings. The van der Waals surface area contributed by atoms with E-state index >= 15 is 0 Å². The third kappa shape index (κ3) is 3.84. The van der Waals surface area contributed by atoms with Crippen molar-refractivity contribution >= 4 is 11.6 Å². The Morgan fingerprint density at radius 1 is 1.29 bits per heavy atom.